The average Bonchev–Trinajstić information content (AvgIpc) is 3.43. The van der Waals surface area contributed by atoms with Crippen molar-refractivity contribution in [3.63, 3.8) is 0 Å². The number of carbonyl (C=O) groups is 1. The van der Waals surface area contributed by atoms with Gasteiger partial charge in [-0.15, -0.1) is 0 Å². The lowest BCUT2D eigenvalue weighted by Crippen LogP contribution is -2.27. The standard InChI is InChI=1S/C32H21FIN3O4/c33-21-6-10-23(11-7-21)37-17-15-26(34)25(32(37)39)18-30(38)36-22-8-12-24(13-9-22)40-28-14-16-35-27-19-29(41-31(27)28)20-4-2-1-3-5-20/h1-17,19H,18H2,(H,36,38). The topological polar surface area (TPSA) is 86.4 Å². The average molecular weight is 657 g/mol. The zero-order chi connectivity index (χ0) is 28.3. The number of hydrogen-bond donors (Lipinski definition) is 1. The van der Waals surface area contributed by atoms with Crippen LogP contribution in [-0.4, -0.2) is 15.5 Å². The summed E-state index contributed by atoms with van der Waals surface area (Å²) in [5.74, 6) is 1.03. The molecule has 0 aliphatic heterocycles. The molecule has 3 aromatic heterocycles. The summed E-state index contributed by atoms with van der Waals surface area (Å²) in [5, 5.41) is 2.83. The Morgan fingerprint density at radius 2 is 1.73 bits per heavy atom. The number of furan rings is 1. The Kier molecular flexibility index (Phi) is 7.34. The van der Waals surface area contributed by atoms with Crippen LogP contribution in [0, 0.1) is 9.39 Å². The Morgan fingerprint density at radius 3 is 2.49 bits per heavy atom. The van der Waals surface area contributed by atoms with Crippen molar-refractivity contribution in [2.24, 2.45) is 0 Å². The molecule has 41 heavy (non-hydrogen) atoms. The molecule has 6 rings (SSSR count). The summed E-state index contributed by atoms with van der Waals surface area (Å²) >= 11 is 2.04. The quantitative estimate of drug-likeness (QED) is 0.181. The van der Waals surface area contributed by atoms with Gasteiger partial charge in [-0.1, -0.05) is 30.3 Å². The van der Waals surface area contributed by atoms with Crippen LogP contribution in [0.15, 0.2) is 119 Å². The highest BCUT2D eigenvalue weighted by Gasteiger charge is 2.15. The number of ether oxygens (including phenoxy) is 1. The van der Waals surface area contributed by atoms with Gasteiger partial charge in [-0.2, -0.15) is 0 Å². The molecule has 7 nitrogen and oxygen atoms in total. The smallest absolute Gasteiger partial charge is 0.259 e. The summed E-state index contributed by atoms with van der Waals surface area (Å²) in [5.41, 5.74) is 3.24. The van der Waals surface area contributed by atoms with Gasteiger partial charge in [0, 0.05) is 50.6 Å². The highest BCUT2D eigenvalue weighted by molar-refractivity contribution is 14.1. The molecule has 3 heterocycles. The fourth-order valence-corrected chi connectivity index (χ4v) is 4.94. The predicted octanol–water partition coefficient (Wildman–Crippen LogP) is 7.36. The second-order valence-corrected chi connectivity index (χ2v) is 10.3. The Balaban J connectivity index is 1.15. The molecule has 6 aromatic rings. The highest BCUT2D eigenvalue weighted by Crippen LogP contribution is 2.34. The maximum absolute atomic E-state index is 13.3. The van der Waals surface area contributed by atoms with Crippen molar-refractivity contribution in [2.75, 3.05) is 5.32 Å². The minimum Gasteiger partial charge on any atom is -0.453 e. The zero-order valence-corrected chi connectivity index (χ0v) is 23.5. The second-order valence-electron chi connectivity index (χ2n) is 9.15. The van der Waals surface area contributed by atoms with Crippen molar-refractivity contribution in [3.05, 3.63) is 135 Å². The van der Waals surface area contributed by atoms with E-state index in [1.807, 2.05) is 59.0 Å². The molecule has 202 valence electrons. The molecule has 0 bridgehead atoms. The predicted molar refractivity (Wildman–Crippen MR) is 163 cm³/mol. The Labute approximate surface area is 247 Å². The van der Waals surface area contributed by atoms with Crippen LogP contribution in [0.1, 0.15) is 5.56 Å². The van der Waals surface area contributed by atoms with Gasteiger partial charge in [0.1, 0.15) is 22.8 Å². The number of benzene rings is 3. The van der Waals surface area contributed by atoms with Crippen LogP contribution in [0.3, 0.4) is 0 Å². The first kappa shape index (κ1) is 26.5. The molecule has 0 radical (unpaired) electrons. The maximum Gasteiger partial charge on any atom is 0.259 e. The summed E-state index contributed by atoms with van der Waals surface area (Å²) in [6, 6.07) is 27.6. The van der Waals surface area contributed by atoms with Crippen molar-refractivity contribution in [2.45, 2.75) is 6.42 Å². The molecule has 0 unspecified atom stereocenters. The van der Waals surface area contributed by atoms with Gasteiger partial charge in [0.25, 0.3) is 5.56 Å². The molecular formula is C32H21FIN3O4. The minimum absolute atomic E-state index is 0.116. The third kappa shape index (κ3) is 5.75. The van der Waals surface area contributed by atoms with E-state index in [9.17, 15) is 14.0 Å². The highest BCUT2D eigenvalue weighted by atomic mass is 127. The Morgan fingerprint density at radius 1 is 0.976 bits per heavy atom. The molecule has 0 fully saturated rings. The van der Waals surface area contributed by atoms with Crippen LogP contribution in [0.4, 0.5) is 10.1 Å². The van der Waals surface area contributed by atoms with Crippen molar-refractivity contribution in [1.82, 2.24) is 9.55 Å². The van der Waals surface area contributed by atoms with Crippen LogP contribution in [0.2, 0.25) is 0 Å². The first-order valence-corrected chi connectivity index (χ1v) is 13.7. The first-order valence-electron chi connectivity index (χ1n) is 12.6. The van der Waals surface area contributed by atoms with Crippen molar-refractivity contribution in [3.8, 4) is 28.5 Å². The number of pyridine rings is 2. The fraction of sp³-hybridized carbons (Fsp3) is 0.0312. The Hall–Kier alpha value is -4.77. The van der Waals surface area contributed by atoms with E-state index in [1.54, 1.807) is 48.8 Å². The summed E-state index contributed by atoms with van der Waals surface area (Å²) in [6.07, 6.45) is 3.15. The number of aromatic nitrogens is 2. The number of anilines is 1. The Bertz CT molecular complexity index is 1920. The molecule has 0 saturated carbocycles. The van der Waals surface area contributed by atoms with E-state index in [0.717, 1.165) is 5.56 Å². The molecule has 9 heteroatoms. The van der Waals surface area contributed by atoms with Gasteiger partial charge in [-0.3, -0.25) is 19.1 Å². The van der Waals surface area contributed by atoms with Crippen LogP contribution in [-0.2, 0) is 11.2 Å². The third-order valence-corrected chi connectivity index (χ3v) is 7.39. The maximum atomic E-state index is 13.3. The van der Waals surface area contributed by atoms with Gasteiger partial charge in [0.05, 0.1) is 6.42 Å². The molecule has 0 atom stereocenters. The number of amides is 1. The molecule has 1 amide bonds. The summed E-state index contributed by atoms with van der Waals surface area (Å²) in [7, 11) is 0. The van der Waals surface area contributed by atoms with E-state index in [0.29, 0.717) is 48.9 Å². The van der Waals surface area contributed by atoms with E-state index < -0.39 is 5.82 Å². The second kappa shape index (κ2) is 11.4. The van der Waals surface area contributed by atoms with Crippen molar-refractivity contribution in [1.29, 1.82) is 0 Å². The van der Waals surface area contributed by atoms with Crippen molar-refractivity contribution < 1.29 is 18.3 Å². The molecule has 0 spiro atoms. The van der Waals surface area contributed by atoms with Gasteiger partial charge in [-0.25, -0.2) is 4.39 Å². The lowest BCUT2D eigenvalue weighted by molar-refractivity contribution is -0.115. The van der Waals surface area contributed by atoms with Gasteiger partial charge in [-0.05, 0) is 77.2 Å². The molecule has 0 aliphatic carbocycles. The molecule has 1 N–H and O–H groups in total. The van der Waals surface area contributed by atoms with Crippen LogP contribution >= 0.6 is 22.6 Å². The lowest BCUT2D eigenvalue weighted by Gasteiger charge is -2.11. The van der Waals surface area contributed by atoms with E-state index in [-0.39, 0.29) is 17.9 Å². The minimum atomic E-state index is -0.393. The van der Waals surface area contributed by atoms with Gasteiger partial charge >= 0.3 is 0 Å². The van der Waals surface area contributed by atoms with Crippen LogP contribution < -0.4 is 15.6 Å². The van der Waals surface area contributed by atoms with E-state index >= 15 is 0 Å². The zero-order valence-electron chi connectivity index (χ0n) is 21.4. The lowest BCUT2D eigenvalue weighted by atomic mass is 10.2. The number of fused-ring (bicyclic) bond motifs is 1. The number of halogens is 2. The fourth-order valence-electron chi connectivity index (χ4n) is 4.36. The molecular weight excluding hydrogens is 636 g/mol. The largest absolute Gasteiger partial charge is 0.453 e. The molecule has 3 aromatic carbocycles. The normalized spacial score (nSPS) is 11.0. The monoisotopic (exact) mass is 657 g/mol. The molecule has 0 aliphatic rings. The number of carbonyl (C=O) groups excluding carboxylic acids is 1. The summed E-state index contributed by atoms with van der Waals surface area (Å²) in [4.78, 5) is 30.4. The van der Waals surface area contributed by atoms with Crippen LogP contribution in [0.25, 0.3) is 28.1 Å². The third-order valence-electron chi connectivity index (χ3n) is 6.38. The van der Waals surface area contributed by atoms with E-state index in [1.165, 1.54) is 28.8 Å². The summed E-state index contributed by atoms with van der Waals surface area (Å²) < 4.78 is 27.5. The summed E-state index contributed by atoms with van der Waals surface area (Å²) in [6.45, 7) is 0. The van der Waals surface area contributed by atoms with E-state index in [2.05, 4.69) is 10.3 Å². The SMILES string of the molecule is O=C(Cc1c(I)ccn(-c2ccc(F)cc2)c1=O)Nc1ccc(Oc2ccnc3cc(-c4ccccc4)oc23)cc1. The molecule has 0 saturated heterocycles. The number of nitrogens with one attached hydrogen (secondary N) is 1. The number of hydrogen-bond acceptors (Lipinski definition) is 5. The number of rotatable bonds is 7. The van der Waals surface area contributed by atoms with Gasteiger partial charge < -0.3 is 14.5 Å². The van der Waals surface area contributed by atoms with Gasteiger partial charge in [0.15, 0.2) is 11.3 Å². The first-order chi connectivity index (χ1) is 19.9. The van der Waals surface area contributed by atoms with Crippen molar-refractivity contribution >= 4 is 45.3 Å². The van der Waals surface area contributed by atoms with E-state index in [4.69, 9.17) is 9.15 Å². The van der Waals surface area contributed by atoms with Gasteiger partial charge in [0.2, 0.25) is 5.91 Å². The number of nitrogens with zero attached hydrogens (tertiary/aromatic N) is 2. The van der Waals surface area contributed by atoms with Crippen LogP contribution in [0.5, 0.6) is 11.5 Å².